The van der Waals surface area contributed by atoms with Gasteiger partial charge in [0.1, 0.15) is 11.6 Å². The Bertz CT molecular complexity index is 534. The molecular weight excluding hydrogens is 231 g/mol. The zero-order chi connectivity index (χ0) is 13.1. The summed E-state index contributed by atoms with van der Waals surface area (Å²) in [4.78, 5) is 4.39. The monoisotopic (exact) mass is 248 g/mol. The van der Waals surface area contributed by atoms with Crippen LogP contribution in [0.25, 0.3) is 0 Å². The molecule has 1 aromatic carbocycles. The number of hydrogen-bond acceptors (Lipinski definition) is 3. The minimum Gasteiger partial charge on any atom is -0.396 e. The van der Waals surface area contributed by atoms with Gasteiger partial charge in [-0.2, -0.15) is 5.10 Å². The Balaban J connectivity index is 2.00. The molecule has 96 valence electrons. The van der Waals surface area contributed by atoms with Crippen molar-refractivity contribution in [2.45, 2.75) is 32.6 Å². The summed E-state index contributed by atoms with van der Waals surface area (Å²) in [5, 5.41) is 7.06. The van der Waals surface area contributed by atoms with E-state index >= 15 is 0 Å². The topological polar surface area (TPSA) is 67.6 Å². The largest absolute Gasteiger partial charge is 0.396 e. The number of rotatable bonds is 4. The highest BCUT2D eigenvalue weighted by Crippen LogP contribution is 2.14. The fraction of sp³-hybridized carbons (Fsp3) is 0.385. The maximum absolute atomic E-state index is 13.0. The summed E-state index contributed by atoms with van der Waals surface area (Å²) in [5.41, 5.74) is 6.71. The van der Waals surface area contributed by atoms with E-state index in [1.165, 1.54) is 6.07 Å². The summed E-state index contributed by atoms with van der Waals surface area (Å²) in [7, 11) is 0. The Morgan fingerprint density at radius 3 is 2.72 bits per heavy atom. The average Bonchev–Trinajstić information content (AvgIpc) is 2.79. The van der Waals surface area contributed by atoms with Crippen LogP contribution < -0.4 is 5.73 Å². The molecule has 0 saturated heterocycles. The number of nitrogens with zero attached hydrogens (tertiary/aromatic N) is 2. The van der Waals surface area contributed by atoms with Gasteiger partial charge in [0.15, 0.2) is 5.82 Å². The number of halogens is 1. The number of aryl methyl sites for hydroxylation is 2. The first-order valence-corrected chi connectivity index (χ1v) is 6.01. The van der Waals surface area contributed by atoms with Crippen LogP contribution in [0.3, 0.4) is 0 Å². The predicted molar refractivity (Wildman–Crippen MR) is 68.7 cm³/mol. The van der Waals surface area contributed by atoms with Gasteiger partial charge in [-0.3, -0.25) is 5.10 Å². The van der Waals surface area contributed by atoms with Gasteiger partial charge >= 0.3 is 0 Å². The summed E-state index contributed by atoms with van der Waals surface area (Å²) in [5.74, 6) is 1.61. The summed E-state index contributed by atoms with van der Waals surface area (Å²) in [6, 6.07) is 4.80. The molecule has 3 N–H and O–H groups in total. The number of hydrogen-bond donors (Lipinski definition) is 2. The van der Waals surface area contributed by atoms with Gasteiger partial charge in [-0.25, -0.2) is 9.37 Å². The molecule has 0 atom stereocenters. The number of anilines is 1. The first-order valence-electron chi connectivity index (χ1n) is 6.01. The number of nitrogens with two attached hydrogens (primary N) is 1. The van der Waals surface area contributed by atoms with Crippen molar-refractivity contribution < 1.29 is 4.39 Å². The number of aromatic nitrogens is 3. The lowest BCUT2D eigenvalue weighted by atomic mass is 10.1. The summed E-state index contributed by atoms with van der Waals surface area (Å²) >= 11 is 0. The number of H-pyrrole nitrogens is 1. The van der Waals surface area contributed by atoms with Crippen molar-refractivity contribution in [1.82, 2.24) is 15.2 Å². The molecule has 0 radical (unpaired) electrons. The molecule has 2 aromatic rings. The van der Waals surface area contributed by atoms with E-state index in [0.29, 0.717) is 5.92 Å². The zero-order valence-electron chi connectivity index (χ0n) is 10.6. The van der Waals surface area contributed by atoms with Gasteiger partial charge in [-0.1, -0.05) is 19.9 Å². The Morgan fingerprint density at radius 2 is 2.11 bits per heavy atom. The fourth-order valence-electron chi connectivity index (χ4n) is 1.69. The Hall–Kier alpha value is -1.91. The standard InChI is InChI=1S/C13H17FN4/c1-8(2)13-16-12(17-18-13)6-4-9-3-5-10(14)11(15)7-9/h3,5,7-8H,4,6,15H2,1-2H3,(H,16,17,18). The first-order chi connectivity index (χ1) is 8.56. The van der Waals surface area contributed by atoms with Crippen LogP contribution in [-0.2, 0) is 12.8 Å². The smallest absolute Gasteiger partial charge is 0.153 e. The molecule has 18 heavy (non-hydrogen) atoms. The van der Waals surface area contributed by atoms with Crippen molar-refractivity contribution in [3.8, 4) is 0 Å². The van der Waals surface area contributed by atoms with E-state index in [1.807, 2.05) is 13.8 Å². The summed E-state index contributed by atoms with van der Waals surface area (Å²) in [6.45, 7) is 4.10. The lowest BCUT2D eigenvalue weighted by Gasteiger charge is -2.02. The van der Waals surface area contributed by atoms with Gasteiger partial charge in [0.2, 0.25) is 0 Å². The lowest BCUT2D eigenvalue weighted by Crippen LogP contribution is -1.97. The average molecular weight is 248 g/mol. The van der Waals surface area contributed by atoms with Crippen molar-refractivity contribution >= 4 is 5.69 Å². The predicted octanol–water partition coefficient (Wildman–Crippen LogP) is 2.43. The minimum atomic E-state index is -0.375. The molecule has 0 aliphatic heterocycles. The SMILES string of the molecule is CC(C)c1n[nH]c(CCc2ccc(F)c(N)c2)n1. The van der Waals surface area contributed by atoms with Crippen molar-refractivity contribution in [3.05, 3.63) is 41.2 Å². The van der Waals surface area contributed by atoms with E-state index in [-0.39, 0.29) is 11.5 Å². The van der Waals surface area contributed by atoms with Gasteiger partial charge in [-0.05, 0) is 24.1 Å². The summed E-state index contributed by atoms with van der Waals surface area (Å²) in [6.07, 6.45) is 1.50. The highest BCUT2D eigenvalue weighted by Gasteiger charge is 2.07. The molecule has 0 spiro atoms. The molecule has 0 saturated carbocycles. The molecule has 0 unspecified atom stereocenters. The highest BCUT2D eigenvalue weighted by molar-refractivity contribution is 5.42. The highest BCUT2D eigenvalue weighted by atomic mass is 19.1. The molecule has 0 fully saturated rings. The van der Waals surface area contributed by atoms with Crippen LogP contribution in [0.15, 0.2) is 18.2 Å². The third kappa shape index (κ3) is 2.85. The number of nitrogens with one attached hydrogen (secondary N) is 1. The van der Waals surface area contributed by atoms with Crippen LogP contribution in [0, 0.1) is 5.82 Å². The van der Waals surface area contributed by atoms with Crippen molar-refractivity contribution in [1.29, 1.82) is 0 Å². The Kier molecular flexibility index (Phi) is 3.60. The second kappa shape index (κ2) is 5.16. The van der Waals surface area contributed by atoms with E-state index in [4.69, 9.17) is 5.73 Å². The van der Waals surface area contributed by atoms with E-state index in [9.17, 15) is 4.39 Å². The van der Waals surface area contributed by atoms with Crippen LogP contribution in [0.2, 0.25) is 0 Å². The normalized spacial score (nSPS) is 11.1. The molecule has 0 amide bonds. The molecule has 5 heteroatoms. The van der Waals surface area contributed by atoms with E-state index in [0.717, 1.165) is 30.1 Å². The van der Waals surface area contributed by atoms with Gasteiger partial charge in [0.05, 0.1) is 5.69 Å². The minimum absolute atomic E-state index is 0.188. The molecule has 4 nitrogen and oxygen atoms in total. The van der Waals surface area contributed by atoms with E-state index in [2.05, 4.69) is 15.2 Å². The van der Waals surface area contributed by atoms with Crippen molar-refractivity contribution in [2.24, 2.45) is 0 Å². The maximum Gasteiger partial charge on any atom is 0.153 e. The molecule has 0 bridgehead atoms. The molecule has 1 aromatic heterocycles. The number of benzene rings is 1. The van der Waals surface area contributed by atoms with Gasteiger partial charge in [-0.15, -0.1) is 0 Å². The molecular formula is C13H17FN4. The molecule has 1 heterocycles. The van der Waals surface area contributed by atoms with Crippen LogP contribution in [0.4, 0.5) is 10.1 Å². The van der Waals surface area contributed by atoms with Crippen LogP contribution in [0.5, 0.6) is 0 Å². The van der Waals surface area contributed by atoms with E-state index < -0.39 is 0 Å². The fourth-order valence-corrected chi connectivity index (χ4v) is 1.69. The zero-order valence-corrected chi connectivity index (χ0v) is 10.6. The van der Waals surface area contributed by atoms with Crippen molar-refractivity contribution in [3.63, 3.8) is 0 Å². The van der Waals surface area contributed by atoms with Crippen LogP contribution in [0.1, 0.15) is 37.0 Å². The Labute approximate surface area is 105 Å². The molecule has 2 rings (SSSR count). The van der Waals surface area contributed by atoms with Crippen molar-refractivity contribution in [2.75, 3.05) is 5.73 Å². The Morgan fingerprint density at radius 1 is 1.33 bits per heavy atom. The number of aromatic amines is 1. The summed E-state index contributed by atoms with van der Waals surface area (Å²) < 4.78 is 13.0. The van der Waals surface area contributed by atoms with E-state index in [1.54, 1.807) is 12.1 Å². The van der Waals surface area contributed by atoms with Crippen LogP contribution in [-0.4, -0.2) is 15.2 Å². The first kappa shape index (κ1) is 12.5. The van der Waals surface area contributed by atoms with Crippen LogP contribution >= 0.6 is 0 Å². The maximum atomic E-state index is 13.0. The third-order valence-electron chi connectivity index (χ3n) is 2.78. The van der Waals surface area contributed by atoms with Gasteiger partial charge in [0.25, 0.3) is 0 Å². The second-order valence-electron chi connectivity index (χ2n) is 4.65. The van der Waals surface area contributed by atoms with Gasteiger partial charge in [0, 0.05) is 12.3 Å². The molecule has 0 aliphatic rings. The third-order valence-corrected chi connectivity index (χ3v) is 2.78. The van der Waals surface area contributed by atoms with Gasteiger partial charge < -0.3 is 5.73 Å². The second-order valence-corrected chi connectivity index (χ2v) is 4.65. The quantitative estimate of drug-likeness (QED) is 0.816. The molecule has 0 aliphatic carbocycles. The number of nitrogen functional groups attached to an aromatic ring is 1. The lowest BCUT2D eigenvalue weighted by molar-refractivity contribution is 0.631.